The smallest absolute Gasteiger partial charge is 0.159 e. The molecule has 0 spiro atoms. The van der Waals surface area contributed by atoms with Crippen molar-refractivity contribution in [2.75, 3.05) is 4.90 Å². The van der Waals surface area contributed by atoms with Crippen LogP contribution in [0.25, 0.3) is 66.4 Å². The summed E-state index contributed by atoms with van der Waals surface area (Å²) in [5, 5.41) is 2.18. The lowest BCUT2D eigenvalue weighted by molar-refractivity contribution is 0.669. The summed E-state index contributed by atoms with van der Waals surface area (Å²) in [6.45, 7) is 0. The van der Waals surface area contributed by atoms with E-state index in [4.69, 9.17) is 4.42 Å². The van der Waals surface area contributed by atoms with Crippen molar-refractivity contribution in [1.82, 2.24) is 0 Å². The molecule has 1 unspecified atom stereocenters. The Morgan fingerprint density at radius 1 is 0.317 bits per heavy atom. The first-order chi connectivity index (χ1) is 31.3. The number of rotatable bonds is 7. The average Bonchev–Trinajstić information content (AvgIpc) is 3.75. The maximum atomic E-state index is 6.90. The summed E-state index contributed by atoms with van der Waals surface area (Å²) >= 11 is 0. The maximum absolute atomic E-state index is 6.90. The van der Waals surface area contributed by atoms with Gasteiger partial charge in [-0.2, -0.15) is 0 Å². The van der Waals surface area contributed by atoms with E-state index in [9.17, 15) is 0 Å². The van der Waals surface area contributed by atoms with E-state index in [0.29, 0.717) is 0 Å². The van der Waals surface area contributed by atoms with Crippen LogP contribution in [-0.2, 0) is 5.41 Å². The Hall–Kier alpha value is -8.20. The minimum absolute atomic E-state index is 0.826. The lowest BCUT2D eigenvalue weighted by atomic mass is 9.60. The second kappa shape index (κ2) is 15.1. The quantitative estimate of drug-likeness (QED) is 0.160. The Bertz CT molecular complexity index is 3440. The van der Waals surface area contributed by atoms with E-state index in [2.05, 4.69) is 248 Å². The lowest BCUT2D eigenvalue weighted by Gasteiger charge is -2.43. The number of para-hydroxylation sites is 3. The molecule has 1 aromatic heterocycles. The Labute approximate surface area is 367 Å². The highest BCUT2D eigenvalue weighted by Crippen LogP contribution is 2.58. The molecule has 10 aromatic carbocycles. The third-order valence-corrected chi connectivity index (χ3v) is 13.0. The molecule has 2 heteroatoms. The zero-order valence-electron chi connectivity index (χ0n) is 34.5. The molecular weight excluding hydrogens is 763 g/mol. The first-order valence-corrected chi connectivity index (χ1v) is 21.7. The van der Waals surface area contributed by atoms with E-state index in [1.54, 1.807) is 0 Å². The fourth-order valence-corrected chi connectivity index (χ4v) is 10.3. The van der Waals surface area contributed by atoms with Gasteiger partial charge in [0.25, 0.3) is 0 Å². The van der Waals surface area contributed by atoms with Crippen LogP contribution in [0, 0.1) is 0 Å². The van der Waals surface area contributed by atoms with E-state index in [1.165, 1.54) is 55.6 Å². The maximum Gasteiger partial charge on any atom is 0.159 e. The van der Waals surface area contributed by atoms with E-state index in [-0.39, 0.29) is 0 Å². The summed E-state index contributed by atoms with van der Waals surface area (Å²) < 4.78 is 6.90. The summed E-state index contributed by atoms with van der Waals surface area (Å²) in [7, 11) is 0. The fourth-order valence-electron chi connectivity index (χ4n) is 10.3. The molecule has 0 N–H and O–H groups in total. The van der Waals surface area contributed by atoms with Crippen LogP contribution >= 0.6 is 0 Å². The molecule has 2 nitrogen and oxygen atoms in total. The largest absolute Gasteiger partial charge is 0.454 e. The third-order valence-electron chi connectivity index (χ3n) is 13.0. The van der Waals surface area contributed by atoms with Crippen LogP contribution < -0.4 is 4.90 Å². The van der Waals surface area contributed by atoms with Gasteiger partial charge < -0.3 is 9.32 Å². The van der Waals surface area contributed by atoms with Gasteiger partial charge in [-0.3, -0.25) is 0 Å². The van der Waals surface area contributed by atoms with Gasteiger partial charge in [0.05, 0.1) is 16.8 Å². The number of benzene rings is 10. The van der Waals surface area contributed by atoms with Gasteiger partial charge in [0.15, 0.2) is 5.58 Å². The second-order valence-electron chi connectivity index (χ2n) is 16.3. The molecule has 1 aliphatic carbocycles. The number of fused-ring (bicyclic) bond motifs is 9. The molecule has 0 saturated carbocycles. The van der Waals surface area contributed by atoms with Gasteiger partial charge in [-0.25, -0.2) is 0 Å². The summed E-state index contributed by atoms with van der Waals surface area (Å²) in [6, 6.07) is 90.6. The molecule has 296 valence electrons. The van der Waals surface area contributed by atoms with Crippen molar-refractivity contribution in [3.63, 3.8) is 0 Å². The van der Waals surface area contributed by atoms with E-state index >= 15 is 0 Å². The van der Waals surface area contributed by atoms with Crippen molar-refractivity contribution in [2.24, 2.45) is 0 Å². The topological polar surface area (TPSA) is 16.4 Å². The molecular formula is C61H41NO. The minimum atomic E-state index is -0.826. The fraction of sp³-hybridized carbons (Fsp3) is 0.0164. The van der Waals surface area contributed by atoms with Gasteiger partial charge in [0, 0.05) is 16.5 Å². The summed E-state index contributed by atoms with van der Waals surface area (Å²) in [5.41, 5.74) is 18.3. The Morgan fingerprint density at radius 2 is 0.825 bits per heavy atom. The predicted molar refractivity (Wildman–Crippen MR) is 262 cm³/mol. The van der Waals surface area contributed by atoms with E-state index in [0.717, 1.165) is 50.1 Å². The number of furan rings is 1. The van der Waals surface area contributed by atoms with Crippen molar-refractivity contribution >= 4 is 39.0 Å². The monoisotopic (exact) mass is 803 g/mol. The number of hydrogen-bond donors (Lipinski definition) is 0. The van der Waals surface area contributed by atoms with Crippen molar-refractivity contribution in [3.8, 4) is 44.5 Å². The van der Waals surface area contributed by atoms with Crippen molar-refractivity contribution < 1.29 is 4.42 Å². The third kappa shape index (κ3) is 5.80. The van der Waals surface area contributed by atoms with Gasteiger partial charge in [-0.1, -0.05) is 218 Å². The Kier molecular flexibility index (Phi) is 8.76. The summed E-state index contributed by atoms with van der Waals surface area (Å²) in [5.74, 6) is 0. The Morgan fingerprint density at radius 3 is 1.59 bits per heavy atom. The second-order valence-corrected chi connectivity index (χ2v) is 16.3. The van der Waals surface area contributed by atoms with E-state index < -0.39 is 5.41 Å². The van der Waals surface area contributed by atoms with Crippen LogP contribution in [0.5, 0.6) is 0 Å². The van der Waals surface area contributed by atoms with Crippen LogP contribution in [0.4, 0.5) is 17.1 Å². The normalized spacial score (nSPS) is 14.1. The highest BCUT2D eigenvalue weighted by molar-refractivity contribution is 6.10. The zero-order chi connectivity index (χ0) is 41.7. The summed E-state index contributed by atoms with van der Waals surface area (Å²) in [4.78, 5) is 2.43. The van der Waals surface area contributed by atoms with Crippen LogP contribution in [0.1, 0.15) is 22.3 Å². The van der Waals surface area contributed by atoms with Gasteiger partial charge in [-0.05, 0) is 97.1 Å². The number of nitrogens with zero attached hydrogens (tertiary/aromatic N) is 1. The average molecular weight is 804 g/mol. The van der Waals surface area contributed by atoms with Crippen LogP contribution in [0.3, 0.4) is 0 Å². The molecule has 0 radical (unpaired) electrons. The van der Waals surface area contributed by atoms with E-state index in [1.807, 2.05) is 6.07 Å². The first kappa shape index (κ1) is 36.6. The van der Waals surface area contributed by atoms with Crippen molar-refractivity contribution in [3.05, 3.63) is 271 Å². The van der Waals surface area contributed by atoms with Crippen molar-refractivity contribution in [2.45, 2.75) is 5.41 Å². The predicted octanol–water partition coefficient (Wildman–Crippen LogP) is 16.4. The number of anilines is 3. The zero-order valence-corrected chi connectivity index (χ0v) is 34.5. The standard InChI is InChI=1S/C61H41NO/c1-4-20-42(21-5-1)43-38-40-46(41-39-43)62(57-36-19-31-52-50-29-13-17-37-58(50)63-60(52)57)56-35-16-15-33-54(56)61(45-24-8-3-9-25-45)53-32-14-12-28-49(53)47-26-10-11-27-48(47)51-30-18-34-55(61)59(51)44-22-6-2-7-23-44/h1-41H. The molecule has 11 aromatic rings. The molecule has 1 atom stereocenters. The lowest BCUT2D eigenvalue weighted by Crippen LogP contribution is -2.34. The first-order valence-electron chi connectivity index (χ1n) is 21.7. The molecule has 0 aliphatic heterocycles. The number of hydrogen-bond acceptors (Lipinski definition) is 2. The van der Waals surface area contributed by atoms with Gasteiger partial charge in [0.2, 0.25) is 0 Å². The molecule has 0 saturated heterocycles. The molecule has 63 heavy (non-hydrogen) atoms. The van der Waals surface area contributed by atoms with Crippen LogP contribution in [0.2, 0.25) is 0 Å². The summed E-state index contributed by atoms with van der Waals surface area (Å²) in [6.07, 6.45) is 0. The molecule has 1 heterocycles. The molecule has 2 bridgehead atoms. The highest BCUT2D eigenvalue weighted by atomic mass is 16.3. The van der Waals surface area contributed by atoms with Crippen molar-refractivity contribution in [1.29, 1.82) is 0 Å². The van der Waals surface area contributed by atoms with Gasteiger partial charge >= 0.3 is 0 Å². The highest BCUT2D eigenvalue weighted by Gasteiger charge is 2.46. The van der Waals surface area contributed by atoms with Gasteiger partial charge in [0.1, 0.15) is 5.58 Å². The SMILES string of the molecule is c1ccc(-c2ccc(N(c3ccccc3C3(c4ccccc4)c4ccccc4-c4ccccc4-c4cccc3c4-c3ccccc3)c3cccc4c3oc3ccccc34)cc2)cc1. The molecule has 12 rings (SSSR count). The molecule has 1 aliphatic rings. The van der Waals surface area contributed by atoms with Gasteiger partial charge in [-0.15, -0.1) is 0 Å². The Balaban J connectivity index is 1.24. The van der Waals surface area contributed by atoms with Crippen LogP contribution in [0.15, 0.2) is 253 Å². The molecule has 0 fully saturated rings. The molecule has 0 amide bonds. The van der Waals surface area contributed by atoms with Crippen LogP contribution in [-0.4, -0.2) is 0 Å². The minimum Gasteiger partial charge on any atom is -0.454 e.